The molecule has 0 bridgehead atoms. The number of thiophene rings is 1. The molecule has 0 saturated carbocycles. The fourth-order valence-electron chi connectivity index (χ4n) is 3.09. The number of esters is 2. The van der Waals surface area contributed by atoms with E-state index in [2.05, 4.69) is 15.8 Å². The fraction of sp³-hybridized carbons (Fsp3) is 0.400. The third-order valence-corrected chi connectivity index (χ3v) is 5.38. The van der Waals surface area contributed by atoms with Crippen LogP contribution in [0, 0.1) is 6.92 Å². The van der Waals surface area contributed by atoms with Crippen molar-refractivity contribution in [1.82, 2.24) is 15.8 Å². The van der Waals surface area contributed by atoms with Crippen molar-refractivity contribution in [3.05, 3.63) is 50.7 Å². The molecule has 2 aromatic rings. The van der Waals surface area contributed by atoms with Gasteiger partial charge in [-0.3, -0.25) is 0 Å². The van der Waals surface area contributed by atoms with Crippen molar-refractivity contribution in [3.63, 3.8) is 0 Å². The van der Waals surface area contributed by atoms with E-state index < -0.39 is 24.0 Å². The molecule has 3 heterocycles. The molecule has 0 spiro atoms. The van der Waals surface area contributed by atoms with E-state index in [9.17, 15) is 14.4 Å². The van der Waals surface area contributed by atoms with E-state index in [4.69, 9.17) is 14.0 Å². The number of nitrogens with zero attached hydrogens (tertiary/aromatic N) is 1. The van der Waals surface area contributed by atoms with Crippen LogP contribution in [0.3, 0.4) is 0 Å². The standard InChI is InChI=1S/C20H23N3O6S/c1-5-27-19(25)15-12(21-20(26)22-16(15)13-7-6-8-30-13)9-28-18(24)14-11(4)23-29-17(14)10(2)3/h6-8,10,16H,5,9H2,1-4H3,(H2,21,22,26). The van der Waals surface area contributed by atoms with Gasteiger partial charge in [-0.15, -0.1) is 11.3 Å². The second-order valence-electron chi connectivity index (χ2n) is 6.90. The molecule has 3 rings (SSSR count). The number of rotatable bonds is 7. The van der Waals surface area contributed by atoms with Gasteiger partial charge >= 0.3 is 18.0 Å². The zero-order valence-electron chi connectivity index (χ0n) is 17.1. The largest absolute Gasteiger partial charge is 0.463 e. The van der Waals surface area contributed by atoms with E-state index in [-0.39, 0.29) is 36.0 Å². The van der Waals surface area contributed by atoms with Gasteiger partial charge < -0.3 is 24.6 Å². The molecule has 1 aliphatic heterocycles. The number of aryl methyl sites for hydroxylation is 1. The van der Waals surface area contributed by atoms with Crippen molar-refractivity contribution in [2.75, 3.05) is 13.2 Å². The molecule has 2 N–H and O–H groups in total. The highest BCUT2D eigenvalue weighted by molar-refractivity contribution is 7.10. The summed E-state index contributed by atoms with van der Waals surface area (Å²) >= 11 is 1.39. The zero-order chi connectivity index (χ0) is 21.8. The number of ether oxygens (including phenoxy) is 2. The van der Waals surface area contributed by atoms with E-state index in [1.54, 1.807) is 19.9 Å². The Hall–Kier alpha value is -3.14. The topological polar surface area (TPSA) is 120 Å². The number of carbonyl (C=O) groups excluding carboxylic acids is 3. The smallest absolute Gasteiger partial charge is 0.344 e. The van der Waals surface area contributed by atoms with Crippen LogP contribution in [0.25, 0.3) is 0 Å². The molecule has 2 amide bonds. The Labute approximate surface area is 177 Å². The number of hydrogen-bond acceptors (Lipinski definition) is 8. The van der Waals surface area contributed by atoms with Gasteiger partial charge in [-0.05, 0) is 25.3 Å². The summed E-state index contributed by atoms with van der Waals surface area (Å²) in [5, 5.41) is 11.0. The average molecular weight is 433 g/mol. The normalized spacial score (nSPS) is 16.3. The molecule has 30 heavy (non-hydrogen) atoms. The number of carbonyl (C=O) groups is 3. The lowest BCUT2D eigenvalue weighted by Crippen LogP contribution is -2.47. The van der Waals surface area contributed by atoms with Crippen molar-refractivity contribution in [1.29, 1.82) is 0 Å². The maximum absolute atomic E-state index is 12.7. The van der Waals surface area contributed by atoms with Crippen molar-refractivity contribution in [2.24, 2.45) is 0 Å². The van der Waals surface area contributed by atoms with Gasteiger partial charge in [0.25, 0.3) is 0 Å². The summed E-state index contributed by atoms with van der Waals surface area (Å²) in [5.74, 6) is -0.889. The maximum atomic E-state index is 12.7. The van der Waals surface area contributed by atoms with Crippen molar-refractivity contribution in [3.8, 4) is 0 Å². The molecule has 1 atom stereocenters. The quantitative estimate of drug-likeness (QED) is 0.644. The van der Waals surface area contributed by atoms with Crippen LogP contribution in [0.2, 0.25) is 0 Å². The first-order chi connectivity index (χ1) is 14.3. The first-order valence-corrected chi connectivity index (χ1v) is 10.4. The molecular formula is C20H23N3O6S. The molecule has 0 aliphatic carbocycles. The maximum Gasteiger partial charge on any atom is 0.344 e. The van der Waals surface area contributed by atoms with E-state index in [1.807, 2.05) is 25.3 Å². The monoisotopic (exact) mass is 433 g/mol. The summed E-state index contributed by atoms with van der Waals surface area (Å²) in [6.45, 7) is 6.93. The third kappa shape index (κ3) is 4.38. The summed E-state index contributed by atoms with van der Waals surface area (Å²) < 4.78 is 15.8. The molecule has 0 fully saturated rings. The predicted octanol–water partition coefficient (Wildman–Crippen LogP) is 3.20. The predicted molar refractivity (Wildman–Crippen MR) is 108 cm³/mol. The van der Waals surface area contributed by atoms with Crippen LogP contribution in [0.5, 0.6) is 0 Å². The molecule has 1 aliphatic rings. The van der Waals surface area contributed by atoms with Crippen LogP contribution in [-0.4, -0.2) is 36.3 Å². The van der Waals surface area contributed by atoms with E-state index in [0.29, 0.717) is 11.5 Å². The molecule has 10 heteroatoms. The highest BCUT2D eigenvalue weighted by atomic mass is 32.1. The Kier molecular flexibility index (Phi) is 6.56. The Bertz CT molecular complexity index is 977. The van der Waals surface area contributed by atoms with Crippen LogP contribution >= 0.6 is 11.3 Å². The van der Waals surface area contributed by atoms with Crippen LogP contribution in [0.1, 0.15) is 59.4 Å². The number of nitrogens with one attached hydrogen (secondary N) is 2. The highest BCUT2D eigenvalue weighted by Crippen LogP contribution is 2.31. The Morgan fingerprint density at radius 3 is 2.70 bits per heavy atom. The Morgan fingerprint density at radius 1 is 1.30 bits per heavy atom. The summed E-state index contributed by atoms with van der Waals surface area (Å²) in [6.07, 6.45) is 0. The Morgan fingerprint density at radius 2 is 2.07 bits per heavy atom. The van der Waals surface area contributed by atoms with Gasteiger partial charge in [-0.25, -0.2) is 14.4 Å². The van der Waals surface area contributed by atoms with Gasteiger partial charge in [-0.2, -0.15) is 0 Å². The van der Waals surface area contributed by atoms with Crippen LogP contribution in [0.4, 0.5) is 4.79 Å². The second-order valence-corrected chi connectivity index (χ2v) is 7.88. The SMILES string of the molecule is CCOC(=O)C1=C(COC(=O)c2c(C)noc2C(C)C)NC(=O)NC1c1cccs1. The van der Waals surface area contributed by atoms with Gasteiger partial charge in [0.1, 0.15) is 12.2 Å². The Balaban J connectivity index is 1.91. The van der Waals surface area contributed by atoms with Crippen LogP contribution < -0.4 is 10.6 Å². The molecule has 0 aromatic carbocycles. The lowest BCUT2D eigenvalue weighted by Gasteiger charge is -2.28. The van der Waals surface area contributed by atoms with Gasteiger partial charge in [0, 0.05) is 10.8 Å². The van der Waals surface area contributed by atoms with Gasteiger partial charge in [0.2, 0.25) is 0 Å². The molecule has 1 unspecified atom stereocenters. The average Bonchev–Trinajstić information content (AvgIpc) is 3.35. The van der Waals surface area contributed by atoms with Crippen molar-refractivity contribution >= 4 is 29.3 Å². The van der Waals surface area contributed by atoms with Gasteiger partial charge in [-0.1, -0.05) is 25.1 Å². The molecular weight excluding hydrogens is 410 g/mol. The highest BCUT2D eigenvalue weighted by Gasteiger charge is 2.35. The fourth-order valence-corrected chi connectivity index (χ4v) is 3.87. The second kappa shape index (κ2) is 9.12. The third-order valence-electron chi connectivity index (χ3n) is 4.44. The van der Waals surface area contributed by atoms with E-state index >= 15 is 0 Å². The molecule has 0 radical (unpaired) electrons. The van der Waals surface area contributed by atoms with E-state index in [1.165, 1.54) is 11.3 Å². The number of aromatic nitrogens is 1. The lowest BCUT2D eigenvalue weighted by molar-refractivity contribution is -0.139. The number of urea groups is 1. The summed E-state index contributed by atoms with van der Waals surface area (Å²) in [6, 6.07) is 2.42. The van der Waals surface area contributed by atoms with Crippen LogP contribution in [0.15, 0.2) is 33.3 Å². The van der Waals surface area contributed by atoms with Gasteiger partial charge in [0.15, 0.2) is 5.76 Å². The summed E-state index contributed by atoms with van der Waals surface area (Å²) in [4.78, 5) is 38.3. The molecule has 0 saturated heterocycles. The van der Waals surface area contributed by atoms with E-state index in [0.717, 1.165) is 4.88 Å². The first-order valence-electron chi connectivity index (χ1n) is 9.47. The van der Waals surface area contributed by atoms with Crippen LogP contribution in [-0.2, 0) is 14.3 Å². The van der Waals surface area contributed by atoms with Crippen molar-refractivity contribution in [2.45, 2.75) is 39.7 Å². The summed E-state index contributed by atoms with van der Waals surface area (Å²) in [7, 11) is 0. The summed E-state index contributed by atoms with van der Waals surface area (Å²) in [5.41, 5.74) is 1.02. The van der Waals surface area contributed by atoms with Crippen molar-refractivity contribution < 1.29 is 28.4 Å². The minimum absolute atomic E-state index is 0.0650. The molecule has 9 nitrogen and oxygen atoms in total. The van der Waals surface area contributed by atoms with Gasteiger partial charge in [0.05, 0.1) is 29.6 Å². The number of amides is 2. The first kappa shape index (κ1) is 21.6. The lowest BCUT2D eigenvalue weighted by atomic mass is 10.0. The minimum Gasteiger partial charge on any atom is -0.463 e. The minimum atomic E-state index is -0.699. The zero-order valence-corrected chi connectivity index (χ0v) is 17.9. The molecule has 2 aromatic heterocycles. The number of hydrogen-bond donors (Lipinski definition) is 2. The molecule has 160 valence electrons.